The van der Waals surface area contributed by atoms with Crippen LogP contribution >= 0.6 is 12.2 Å². The molecule has 2 aromatic rings. The predicted molar refractivity (Wildman–Crippen MR) is 89.6 cm³/mol. The maximum Gasteiger partial charge on any atom is 0.127 e. The zero-order chi connectivity index (χ0) is 14.8. The zero-order valence-electron chi connectivity index (χ0n) is 12.3. The van der Waals surface area contributed by atoms with Crippen molar-refractivity contribution in [3.05, 3.63) is 47.3 Å². The van der Waals surface area contributed by atoms with Gasteiger partial charge in [0.05, 0.1) is 18.5 Å². The Morgan fingerprint density at radius 1 is 1.38 bits per heavy atom. The summed E-state index contributed by atoms with van der Waals surface area (Å²) in [5.74, 6) is 0. The van der Waals surface area contributed by atoms with Crippen molar-refractivity contribution in [1.82, 2.24) is 15.1 Å². The van der Waals surface area contributed by atoms with E-state index < -0.39 is 0 Å². The number of hydrogen-bond acceptors (Lipinski definition) is 3. The van der Waals surface area contributed by atoms with Crippen LogP contribution in [0.25, 0.3) is 0 Å². The molecule has 3 rings (SSSR count). The minimum atomic E-state index is 0.642. The second-order valence-corrected chi connectivity index (χ2v) is 5.62. The van der Waals surface area contributed by atoms with Crippen molar-refractivity contribution in [1.29, 1.82) is 0 Å². The molecule has 0 fully saturated rings. The van der Waals surface area contributed by atoms with Gasteiger partial charge in [0, 0.05) is 6.54 Å². The molecular formula is C16H18N4S. The predicted octanol–water partition coefficient (Wildman–Crippen LogP) is 3.00. The number of fused-ring (bicyclic) bond motifs is 1. The Labute approximate surface area is 129 Å². The molecule has 1 aromatic carbocycles. The molecule has 1 aliphatic rings. The second kappa shape index (κ2) is 5.77. The Morgan fingerprint density at radius 2 is 2.24 bits per heavy atom. The highest BCUT2D eigenvalue weighted by Crippen LogP contribution is 2.23. The molecule has 1 aromatic heterocycles. The molecule has 0 amide bonds. The zero-order valence-corrected chi connectivity index (χ0v) is 13.1. The third-order valence-electron chi connectivity index (χ3n) is 3.49. The molecule has 5 heteroatoms. The largest absolute Gasteiger partial charge is 0.369 e. The van der Waals surface area contributed by atoms with Crippen molar-refractivity contribution in [3.8, 4) is 0 Å². The summed E-state index contributed by atoms with van der Waals surface area (Å²) in [4.78, 5) is 5.51. The van der Waals surface area contributed by atoms with Crippen molar-refractivity contribution < 1.29 is 0 Å². The van der Waals surface area contributed by atoms with Gasteiger partial charge in [-0.05, 0) is 18.9 Å². The molecule has 0 unspecified atom stereocenters. The number of rotatable bonds is 3. The van der Waals surface area contributed by atoms with Crippen molar-refractivity contribution in [2.24, 2.45) is 4.99 Å². The van der Waals surface area contributed by atoms with Crippen molar-refractivity contribution in [2.45, 2.75) is 26.8 Å². The number of aryl methyl sites for hydroxylation is 2. The van der Waals surface area contributed by atoms with Gasteiger partial charge in [-0.1, -0.05) is 49.0 Å². The van der Waals surface area contributed by atoms with Gasteiger partial charge in [-0.25, -0.2) is 4.99 Å². The molecule has 21 heavy (non-hydrogen) atoms. The van der Waals surface area contributed by atoms with Gasteiger partial charge < -0.3 is 5.32 Å². The van der Waals surface area contributed by atoms with Crippen LogP contribution in [0, 0.1) is 6.92 Å². The average Bonchev–Trinajstić information content (AvgIpc) is 2.78. The Morgan fingerprint density at radius 3 is 3.00 bits per heavy atom. The summed E-state index contributed by atoms with van der Waals surface area (Å²) in [6.45, 7) is 5.71. The Balaban J connectivity index is 2.05. The van der Waals surface area contributed by atoms with Crippen molar-refractivity contribution in [3.63, 3.8) is 0 Å². The lowest BCUT2D eigenvalue weighted by Gasteiger charge is -2.08. The minimum absolute atomic E-state index is 0.642. The highest BCUT2D eigenvalue weighted by molar-refractivity contribution is 7.80. The van der Waals surface area contributed by atoms with E-state index in [0.717, 1.165) is 40.6 Å². The van der Waals surface area contributed by atoms with E-state index in [1.165, 1.54) is 5.56 Å². The van der Waals surface area contributed by atoms with Crippen LogP contribution in [-0.4, -0.2) is 27.0 Å². The molecule has 1 N–H and O–H groups in total. The normalized spacial score (nSPS) is 14.2. The first-order valence-corrected chi connectivity index (χ1v) is 7.58. The van der Waals surface area contributed by atoms with E-state index >= 15 is 0 Å². The van der Waals surface area contributed by atoms with Crippen molar-refractivity contribution in [2.75, 3.05) is 6.54 Å². The van der Waals surface area contributed by atoms with E-state index in [1.807, 2.05) is 4.68 Å². The highest BCUT2D eigenvalue weighted by Gasteiger charge is 2.19. The monoisotopic (exact) mass is 298 g/mol. The summed E-state index contributed by atoms with van der Waals surface area (Å²) in [5, 5.41) is 7.70. The molecule has 0 aliphatic carbocycles. The number of nitrogens with zero attached hydrogens (tertiary/aromatic N) is 3. The van der Waals surface area contributed by atoms with Gasteiger partial charge in [0.2, 0.25) is 0 Å². The Kier molecular flexibility index (Phi) is 3.84. The van der Waals surface area contributed by atoms with Gasteiger partial charge in [-0.3, -0.25) is 4.68 Å². The summed E-state index contributed by atoms with van der Waals surface area (Å²) in [6.07, 6.45) is 2.82. The maximum absolute atomic E-state index is 5.49. The fourth-order valence-electron chi connectivity index (χ4n) is 2.50. The van der Waals surface area contributed by atoms with Crippen LogP contribution in [0.5, 0.6) is 0 Å². The van der Waals surface area contributed by atoms with Crippen LogP contribution in [0.4, 0.5) is 5.69 Å². The van der Waals surface area contributed by atoms with Crippen LogP contribution in [0.1, 0.15) is 30.2 Å². The molecule has 0 atom stereocenters. The standard InChI is InChI=1S/C16H18N4S/c1-3-7-20-15-14(10-18-20)19-13(9-17-16(15)21)12-6-4-5-11(2)8-12/h4-6,8,10H,3,7,9H2,1-2H3,(H,17,21). The minimum Gasteiger partial charge on any atom is -0.369 e. The highest BCUT2D eigenvalue weighted by atomic mass is 32.1. The van der Waals surface area contributed by atoms with E-state index in [2.05, 4.69) is 48.5 Å². The quantitative estimate of drug-likeness (QED) is 0.886. The van der Waals surface area contributed by atoms with Gasteiger partial charge in [0.15, 0.2) is 0 Å². The first kappa shape index (κ1) is 13.9. The number of hydrogen-bond donors (Lipinski definition) is 1. The fraction of sp³-hybridized carbons (Fsp3) is 0.312. The molecule has 0 radical (unpaired) electrons. The first-order valence-electron chi connectivity index (χ1n) is 7.17. The van der Waals surface area contributed by atoms with Crippen LogP contribution in [-0.2, 0) is 6.54 Å². The van der Waals surface area contributed by atoms with Crippen LogP contribution in [0.2, 0.25) is 0 Å². The van der Waals surface area contributed by atoms with Gasteiger partial charge in [-0.2, -0.15) is 5.10 Å². The Hall–Kier alpha value is -2.01. The van der Waals surface area contributed by atoms with Crippen LogP contribution < -0.4 is 5.32 Å². The summed E-state index contributed by atoms with van der Waals surface area (Å²) in [5.41, 5.74) is 5.13. The third kappa shape index (κ3) is 2.74. The smallest absolute Gasteiger partial charge is 0.127 e. The molecule has 0 spiro atoms. The van der Waals surface area contributed by atoms with E-state index in [1.54, 1.807) is 6.20 Å². The van der Waals surface area contributed by atoms with Gasteiger partial charge in [0.25, 0.3) is 0 Å². The topological polar surface area (TPSA) is 42.2 Å². The van der Waals surface area contributed by atoms with E-state index in [-0.39, 0.29) is 0 Å². The lowest BCUT2D eigenvalue weighted by molar-refractivity contribution is 0.598. The third-order valence-corrected chi connectivity index (χ3v) is 3.83. The SMILES string of the molecule is CCCn1ncc2c1C(=S)NCC(c1cccc(C)c1)=N2. The molecule has 4 nitrogen and oxygen atoms in total. The summed E-state index contributed by atoms with van der Waals surface area (Å²) in [6, 6.07) is 8.37. The maximum atomic E-state index is 5.49. The van der Waals surface area contributed by atoms with Crippen LogP contribution in [0.3, 0.4) is 0 Å². The molecular weight excluding hydrogens is 280 g/mol. The Bertz CT molecular complexity index is 715. The van der Waals surface area contributed by atoms with Crippen molar-refractivity contribution >= 4 is 28.6 Å². The fourth-order valence-corrected chi connectivity index (χ4v) is 2.78. The molecule has 2 heterocycles. The number of nitrogens with one attached hydrogen (secondary N) is 1. The summed E-state index contributed by atoms with van der Waals surface area (Å²) >= 11 is 5.49. The lowest BCUT2D eigenvalue weighted by atomic mass is 10.1. The number of thiocarbonyl (C=S) groups is 1. The van der Waals surface area contributed by atoms with Crippen LogP contribution in [0.15, 0.2) is 35.5 Å². The second-order valence-electron chi connectivity index (χ2n) is 5.21. The summed E-state index contributed by atoms with van der Waals surface area (Å²) in [7, 11) is 0. The first-order chi connectivity index (χ1) is 10.2. The molecule has 0 saturated carbocycles. The van der Waals surface area contributed by atoms with Gasteiger partial charge in [-0.15, -0.1) is 0 Å². The number of aromatic nitrogens is 2. The van der Waals surface area contributed by atoms with Gasteiger partial charge >= 0.3 is 0 Å². The lowest BCUT2D eigenvalue weighted by Crippen LogP contribution is -2.29. The molecule has 0 bridgehead atoms. The summed E-state index contributed by atoms with van der Waals surface area (Å²) < 4.78 is 1.94. The number of benzene rings is 1. The van der Waals surface area contributed by atoms with E-state index in [4.69, 9.17) is 17.2 Å². The average molecular weight is 298 g/mol. The molecule has 0 saturated heterocycles. The molecule has 1 aliphatic heterocycles. The van der Waals surface area contributed by atoms with E-state index in [9.17, 15) is 0 Å². The van der Waals surface area contributed by atoms with Gasteiger partial charge in [0.1, 0.15) is 16.4 Å². The number of aliphatic imine (C=N–C) groups is 1. The van der Waals surface area contributed by atoms with E-state index in [0.29, 0.717) is 6.54 Å². The molecule has 108 valence electrons.